The van der Waals surface area contributed by atoms with Gasteiger partial charge in [0.2, 0.25) is 0 Å². The van der Waals surface area contributed by atoms with Gasteiger partial charge >= 0.3 is 0 Å². The fraction of sp³-hybridized carbons (Fsp3) is 0. The molecule has 3 aromatic carbocycles. The SMILES string of the molecule is N#Cc1ccc(Cl)cc1C=Cc1ccc(C=Cc2cc(Cl)ccc2C#N)cc1. The third-order valence-electron chi connectivity index (χ3n) is 4.12. The van der Waals surface area contributed by atoms with Crippen LogP contribution in [-0.4, -0.2) is 0 Å². The third kappa shape index (κ3) is 4.90. The molecule has 0 heterocycles. The van der Waals surface area contributed by atoms with Crippen LogP contribution in [0.2, 0.25) is 10.0 Å². The van der Waals surface area contributed by atoms with Crippen molar-refractivity contribution in [2.45, 2.75) is 0 Å². The molecule has 4 heteroatoms. The summed E-state index contributed by atoms with van der Waals surface area (Å²) >= 11 is 12.0. The number of rotatable bonds is 4. The fourth-order valence-corrected chi connectivity index (χ4v) is 3.00. The van der Waals surface area contributed by atoms with Crippen LogP contribution in [0.3, 0.4) is 0 Å². The normalized spacial score (nSPS) is 10.9. The Morgan fingerprint density at radius 3 is 1.32 bits per heavy atom. The van der Waals surface area contributed by atoms with Gasteiger partial charge in [0.1, 0.15) is 0 Å². The Hall–Kier alpha value is -3.30. The highest BCUT2D eigenvalue weighted by Gasteiger charge is 2.01. The largest absolute Gasteiger partial charge is 0.192 e. The number of nitriles is 2. The van der Waals surface area contributed by atoms with Gasteiger partial charge in [0.25, 0.3) is 0 Å². The Kier molecular flexibility index (Phi) is 6.30. The van der Waals surface area contributed by atoms with Crippen LogP contribution in [0.4, 0.5) is 0 Å². The van der Waals surface area contributed by atoms with Crippen LogP contribution in [0.15, 0.2) is 60.7 Å². The molecule has 0 saturated heterocycles. The predicted octanol–water partition coefficient (Wildman–Crippen LogP) is 7.08. The van der Waals surface area contributed by atoms with E-state index >= 15 is 0 Å². The molecule has 2 nitrogen and oxygen atoms in total. The Morgan fingerprint density at radius 1 is 0.571 bits per heavy atom. The first-order valence-electron chi connectivity index (χ1n) is 8.44. The second kappa shape index (κ2) is 9.07. The lowest BCUT2D eigenvalue weighted by molar-refractivity contribution is 1.47. The Bertz CT molecular complexity index is 1050. The monoisotopic (exact) mass is 400 g/mol. The zero-order valence-electron chi connectivity index (χ0n) is 14.7. The molecule has 0 fully saturated rings. The Morgan fingerprint density at radius 2 is 0.964 bits per heavy atom. The van der Waals surface area contributed by atoms with E-state index in [1.54, 1.807) is 36.4 Å². The lowest BCUT2D eigenvalue weighted by atomic mass is 10.0. The van der Waals surface area contributed by atoms with E-state index in [-0.39, 0.29) is 0 Å². The van der Waals surface area contributed by atoms with Crippen LogP contribution >= 0.6 is 23.2 Å². The summed E-state index contributed by atoms with van der Waals surface area (Å²) < 4.78 is 0. The van der Waals surface area contributed by atoms with Gasteiger partial charge in [-0.25, -0.2) is 0 Å². The first kappa shape index (κ1) is 19.5. The molecule has 0 aliphatic rings. The molecule has 0 spiro atoms. The second-order valence-electron chi connectivity index (χ2n) is 6.02. The molecule has 0 N–H and O–H groups in total. The van der Waals surface area contributed by atoms with Crippen LogP contribution in [-0.2, 0) is 0 Å². The minimum absolute atomic E-state index is 0.579. The minimum atomic E-state index is 0.579. The highest BCUT2D eigenvalue weighted by molar-refractivity contribution is 6.31. The molecule has 3 aromatic rings. The molecule has 0 atom stereocenters. The van der Waals surface area contributed by atoms with Gasteiger partial charge in [-0.15, -0.1) is 0 Å². The van der Waals surface area contributed by atoms with Gasteiger partial charge in [0, 0.05) is 10.0 Å². The van der Waals surface area contributed by atoms with Crippen LogP contribution in [0.1, 0.15) is 33.4 Å². The average molecular weight is 401 g/mol. The topological polar surface area (TPSA) is 47.6 Å². The van der Waals surface area contributed by atoms with Gasteiger partial charge in [-0.2, -0.15) is 10.5 Å². The number of hydrogen-bond acceptors (Lipinski definition) is 2. The van der Waals surface area contributed by atoms with E-state index < -0.39 is 0 Å². The lowest BCUT2D eigenvalue weighted by Crippen LogP contribution is -1.82. The smallest absolute Gasteiger partial charge is 0.0997 e. The van der Waals surface area contributed by atoms with E-state index in [9.17, 15) is 10.5 Å². The summed E-state index contributed by atoms with van der Waals surface area (Å²) in [5, 5.41) is 19.6. The quantitative estimate of drug-likeness (QED) is 0.439. The Balaban J connectivity index is 1.78. The molecule has 0 unspecified atom stereocenters. The molecule has 28 heavy (non-hydrogen) atoms. The third-order valence-corrected chi connectivity index (χ3v) is 4.59. The number of benzene rings is 3. The molecule has 0 amide bonds. The molecule has 0 aliphatic heterocycles. The molecule has 0 saturated carbocycles. The molecule has 0 radical (unpaired) electrons. The fourth-order valence-electron chi connectivity index (χ4n) is 2.64. The number of hydrogen-bond donors (Lipinski definition) is 0. The van der Waals surface area contributed by atoms with E-state index in [2.05, 4.69) is 12.1 Å². The van der Waals surface area contributed by atoms with Crippen LogP contribution in [0.5, 0.6) is 0 Å². The highest BCUT2D eigenvalue weighted by Crippen LogP contribution is 2.20. The van der Waals surface area contributed by atoms with Crippen molar-refractivity contribution in [2.75, 3.05) is 0 Å². The summed E-state index contributed by atoms with van der Waals surface area (Å²) in [5.41, 5.74) is 4.72. The highest BCUT2D eigenvalue weighted by atomic mass is 35.5. The summed E-state index contributed by atoms with van der Waals surface area (Å²) in [6, 6.07) is 22.6. The van der Waals surface area contributed by atoms with Gasteiger partial charge in [0.05, 0.1) is 23.3 Å². The average Bonchev–Trinajstić information content (AvgIpc) is 2.71. The summed E-state index contributed by atoms with van der Waals surface area (Å²) in [5.74, 6) is 0. The van der Waals surface area contributed by atoms with Gasteiger partial charge in [-0.05, 0) is 58.7 Å². The standard InChI is InChI=1S/C24H14Cl2N2/c25-23-11-9-21(15-27)19(13-23)7-5-17-1-2-18(4-3-17)6-8-20-14-24(26)12-10-22(20)16-28/h1-14H. The summed E-state index contributed by atoms with van der Waals surface area (Å²) in [6.07, 6.45) is 7.62. The van der Waals surface area contributed by atoms with E-state index in [1.165, 1.54) is 0 Å². The van der Waals surface area contributed by atoms with Crippen molar-refractivity contribution in [1.29, 1.82) is 10.5 Å². The van der Waals surface area contributed by atoms with Crippen LogP contribution in [0, 0.1) is 22.7 Å². The molecule has 0 aliphatic carbocycles. The second-order valence-corrected chi connectivity index (χ2v) is 6.89. The van der Waals surface area contributed by atoms with Crippen molar-refractivity contribution in [3.63, 3.8) is 0 Å². The maximum atomic E-state index is 9.19. The summed E-state index contributed by atoms with van der Waals surface area (Å²) in [7, 11) is 0. The molecule has 3 rings (SSSR count). The van der Waals surface area contributed by atoms with Crippen molar-refractivity contribution in [3.8, 4) is 12.1 Å². The zero-order chi connectivity index (χ0) is 19.9. The van der Waals surface area contributed by atoms with Gasteiger partial charge in [0.15, 0.2) is 0 Å². The van der Waals surface area contributed by atoms with Gasteiger partial charge < -0.3 is 0 Å². The number of nitrogens with zero attached hydrogens (tertiary/aromatic N) is 2. The number of halogens is 2. The predicted molar refractivity (Wildman–Crippen MR) is 117 cm³/mol. The van der Waals surface area contributed by atoms with Crippen molar-refractivity contribution in [3.05, 3.63) is 104 Å². The van der Waals surface area contributed by atoms with Gasteiger partial charge in [-0.1, -0.05) is 71.8 Å². The van der Waals surface area contributed by atoms with Crippen molar-refractivity contribution in [2.24, 2.45) is 0 Å². The van der Waals surface area contributed by atoms with E-state index in [0.717, 1.165) is 22.3 Å². The van der Waals surface area contributed by atoms with Crippen LogP contribution < -0.4 is 0 Å². The minimum Gasteiger partial charge on any atom is -0.192 e. The van der Waals surface area contributed by atoms with Crippen molar-refractivity contribution < 1.29 is 0 Å². The molecular weight excluding hydrogens is 387 g/mol. The maximum Gasteiger partial charge on any atom is 0.0997 e. The Labute approximate surface area is 174 Å². The van der Waals surface area contributed by atoms with Crippen molar-refractivity contribution >= 4 is 47.5 Å². The van der Waals surface area contributed by atoms with E-state index in [0.29, 0.717) is 21.2 Å². The van der Waals surface area contributed by atoms with E-state index in [1.807, 2.05) is 48.6 Å². The molecular formula is C24H14Cl2N2. The summed E-state index contributed by atoms with van der Waals surface area (Å²) in [4.78, 5) is 0. The summed E-state index contributed by atoms with van der Waals surface area (Å²) in [6.45, 7) is 0. The first-order chi connectivity index (χ1) is 13.6. The lowest BCUT2D eigenvalue weighted by Gasteiger charge is -2.01. The molecule has 0 bridgehead atoms. The zero-order valence-corrected chi connectivity index (χ0v) is 16.2. The molecule has 134 valence electrons. The van der Waals surface area contributed by atoms with E-state index in [4.69, 9.17) is 23.2 Å². The first-order valence-corrected chi connectivity index (χ1v) is 9.20. The van der Waals surface area contributed by atoms with Crippen LogP contribution in [0.25, 0.3) is 24.3 Å². The molecule has 0 aromatic heterocycles. The van der Waals surface area contributed by atoms with Gasteiger partial charge in [-0.3, -0.25) is 0 Å². The van der Waals surface area contributed by atoms with Crippen molar-refractivity contribution in [1.82, 2.24) is 0 Å². The maximum absolute atomic E-state index is 9.19.